The fourth-order valence-corrected chi connectivity index (χ4v) is 2.66. The van der Waals surface area contributed by atoms with Crippen LogP contribution in [0.5, 0.6) is 0 Å². The topological polar surface area (TPSA) is 81.1 Å². The van der Waals surface area contributed by atoms with Gasteiger partial charge in [0.15, 0.2) is 0 Å². The summed E-state index contributed by atoms with van der Waals surface area (Å²) < 4.78 is 0. The van der Waals surface area contributed by atoms with Crippen molar-refractivity contribution in [3.05, 3.63) is 23.8 Å². The van der Waals surface area contributed by atoms with Crippen LogP contribution in [0.1, 0.15) is 25.5 Å². The molecule has 1 atom stereocenters. The Morgan fingerprint density at radius 2 is 2.22 bits per heavy atom. The van der Waals surface area contributed by atoms with Crippen LogP contribution in [0.3, 0.4) is 0 Å². The largest absolute Gasteiger partial charge is 0.330 e. The molecular formula is C13H19N3OS. The van der Waals surface area contributed by atoms with Gasteiger partial charge in [0.05, 0.1) is 11.4 Å². The van der Waals surface area contributed by atoms with E-state index in [0.717, 1.165) is 16.1 Å². The molecule has 0 fully saturated rings. The maximum Gasteiger partial charge on any atom is 0.234 e. The van der Waals surface area contributed by atoms with Crippen molar-refractivity contribution >= 4 is 23.4 Å². The quantitative estimate of drug-likeness (QED) is 0.777. The van der Waals surface area contributed by atoms with Gasteiger partial charge >= 0.3 is 0 Å². The molecule has 1 aromatic rings. The third kappa shape index (κ3) is 2.53. The number of thioether (sulfide) groups is 1. The predicted octanol–water partition coefficient (Wildman–Crippen LogP) is 1.72. The molecular weight excluding hydrogens is 246 g/mol. The molecule has 4 nitrogen and oxygen atoms in total. The summed E-state index contributed by atoms with van der Waals surface area (Å²) in [7, 11) is 0. The van der Waals surface area contributed by atoms with Crippen LogP contribution >= 0.6 is 11.8 Å². The van der Waals surface area contributed by atoms with Gasteiger partial charge in [-0.05, 0) is 29.7 Å². The number of hydrogen-bond donors (Lipinski definition) is 3. The van der Waals surface area contributed by atoms with Gasteiger partial charge in [0.1, 0.15) is 0 Å². The Hall–Kier alpha value is -1.04. The van der Waals surface area contributed by atoms with Crippen LogP contribution in [0.25, 0.3) is 0 Å². The van der Waals surface area contributed by atoms with Crippen LogP contribution in [-0.2, 0) is 4.79 Å². The van der Waals surface area contributed by atoms with Crippen molar-refractivity contribution in [2.24, 2.45) is 16.9 Å². The number of fused-ring (bicyclic) bond motifs is 1. The van der Waals surface area contributed by atoms with E-state index in [0.29, 0.717) is 12.3 Å². The van der Waals surface area contributed by atoms with Gasteiger partial charge in [-0.2, -0.15) is 0 Å². The van der Waals surface area contributed by atoms with E-state index in [-0.39, 0.29) is 17.4 Å². The number of rotatable bonds is 3. The first-order valence-electron chi connectivity index (χ1n) is 5.96. The molecule has 1 aliphatic rings. The van der Waals surface area contributed by atoms with Crippen molar-refractivity contribution in [2.45, 2.75) is 24.8 Å². The monoisotopic (exact) mass is 265 g/mol. The average molecular weight is 265 g/mol. The van der Waals surface area contributed by atoms with Gasteiger partial charge in [-0.25, -0.2) is 0 Å². The van der Waals surface area contributed by atoms with Crippen LogP contribution in [0.15, 0.2) is 23.1 Å². The third-order valence-electron chi connectivity index (χ3n) is 3.36. The van der Waals surface area contributed by atoms with E-state index in [4.69, 9.17) is 11.5 Å². The molecule has 0 bridgehead atoms. The molecule has 5 N–H and O–H groups in total. The zero-order chi connectivity index (χ0) is 13.3. The number of nitrogens with one attached hydrogen (secondary N) is 1. The Labute approximate surface area is 111 Å². The summed E-state index contributed by atoms with van der Waals surface area (Å²) in [5.41, 5.74) is 13.7. The maximum atomic E-state index is 11.4. The number of hydrogen-bond acceptors (Lipinski definition) is 4. The zero-order valence-electron chi connectivity index (χ0n) is 10.7. The number of nitrogens with two attached hydrogens (primary N) is 2. The second kappa shape index (κ2) is 4.91. The summed E-state index contributed by atoms with van der Waals surface area (Å²) in [6.45, 7) is 4.61. The summed E-state index contributed by atoms with van der Waals surface area (Å²) in [4.78, 5) is 12.5. The highest BCUT2D eigenvalue weighted by Crippen LogP contribution is 2.36. The Balaban J connectivity index is 2.31. The standard InChI is InChI=1S/C13H19N3OS/c1-13(2,7-14)12(15)8-3-4-10-9(5-8)16-11(17)6-18-10/h3-5,12H,6-7,14-15H2,1-2H3,(H,16,17). The molecule has 0 spiro atoms. The molecule has 5 heteroatoms. The van der Waals surface area contributed by atoms with Gasteiger partial charge in [-0.15, -0.1) is 11.8 Å². The van der Waals surface area contributed by atoms with Crippen molar-refractivity contribution < 1.29 is 4.79 Å². The summed E-state index contributed by atoms with van der Waals surface area (Å²) in [6.07, 6.45) is 0. The number of carbonyl (C=O) groups is 1. The Kier molecular flexibility index (Phi) is 3.66. The molecule has 1 aliphatic heterocycles. The molecule has 1 heterocycles. The minimum Gasteiger partial charge on any atom is -0.330 e. The number of benzene rings is 1. The molecule has 0 aromatic heterocycles. The Morgan fingerprint density at radius 1 is 1.50 bits per heavy atom. The molecule has 0 saturated carbocycles. The first-order valence-corrected chi connectivity index (χ1v) is 6.95. The van der Waals surface area contributed by atoms with E-state index >= 15 is 0 Å². The van der Waals surface area contributed by atoms with Gasteiger partial charge in [-0.3, -0.25) is 4.79 Å². The van der Waals surface area contributed by atoms with Crippen molar-refractivity contribution in [2.75, 3.05) is 17.6 Å². The van der Waals surface area contributed by atoms with E-state index in [1.165, 1.54) is 0 Å². The van der Waals surface area contributed by atoms with Crippen molar-refractivity contribution in [3.63, 3.8) is 0 Å². The zero-order valence-corrected chi connectivity index (χ0v) is 11.5. The number of anilines is 1. The molecule has 98 valence electrons. The lowest BCUT2D eigenvalue weighted by Gasteiger charge is -2.31. The van der Waals surface area contributed by atoms with E-state index in [1.54, 1.807) is 11.8 Å². The number of carbonyl (C=O) groups excluding carboxylic acids is 1. The molecule has 0 radical (unpaired) electrons. The highest BCUT2D eigenvalue weighted by molar-refractivity contribution is 8.00. The van der Waals surface area contributed by atoms with E-state index in [9.17, 15) is 4.79 Å². The second-order valence-electron chi connectivity index (χ2n) is 5.26. The third-order valence-corrected chi connectivity index (χ3v) is 4.44. The average Bonchev–Trinajstić information content (AvgIpc) is 2.36. The van der Waals surface area contributed by atoms with Gasteiger partial charge in [0, 0.05) is 10.9 Å². The fourth-order valence-electron chi connectivity index (χ4n) is 1.87. The van der Waals surface area contributed by atoms with Gasteiger partial charge in [0.25, 0.3) is 0 Å². The van der Waals surface area contributed by atoms with E-state index < -0.39 is 0 Å². The molecule has 18 heavy (non-hydrogen) atoms. The van der Waals surface area contributed by atoms with Crippen molar-refractivity contribution in [1.82, 2.24) is 0 Å². The maximum absolute atomic E-state index is 11.4. The summed E-state index contributed by atoms with van der Waals surface area (Å²) in [6, 6.07) is 5.85. The molecule has 0 saturated heterocycles. The summed E-state index contributed by atoms with van der Waals surface area (Å²) in [5.74, 6) is 0.517. The Bertz CT molecular complexity index is 473. The minimum atomic E-state index is -0.167. The first-order chi connectivity index (χ1) is 8.44. The normalized spacial score (nSPS) is 17.0. The van der Waals surface area contributed by atoms with Gasteiger partial charge < -0.3 is 16.8 Å². The highest BCUT2D eigenvalue weighted by atomic mass is 32.2. The van der Waals surface area contributed by atoms with E-state index in [2.05, 4.69) is 5.32 Å². The molecule has 1 aromatic carbocycles. The van der Waals surface area contributed by atoms with E-state index in [1.807, 2.05) is 32.0 Å². The first kappa shape index (κ1) is 13.4. The smallest absolute Gasteiger partial charge is 0.234 e. The highest BCUT2D eigenvalue weighted by Gasteiger charge is 2.27. The van der Waals surface area contributed by atoms with Crippen LogP contribution in [-0.4, -0.2) is 18.2 Å². The van der Waals surface area contributed by atoms with Crippen LogP contribution < -0.4 is 16.8 Å². The SMILES string of the molecule is CC(C)(CN)C(N)c1ccc2c(c1)NC(=O)CS2. The molecule has 2 rings (SSSR count). The molecule has 1 amide bonds. The van der Waals surface area contributed by atoms with Crippen molar-refractivity contribution in [3.8, 4) is 0 Å². The van der Waals surface area contributed by atoms with Gasteiger partial charge in [0.2, 0.25) is 5.91 Å². The number of amides is 1. The summed E-state index contributed by atoms with van der Waals surface area (Å²) >= 11 is 1.55. The lowest BCUT2D eigenvalue weighted by Crippen LogP contribution is -2.36. The Morgan fingerprint density at radius 3 is 2.89 bits per heavy atom. The van der Waals surface area contributed by atoms with Crippen LogP contribution in [0, 0.1) is 5.41 Å². The summed E-state index contributed by atoms with van der Waals surface area (Å²) in [5, 5.41) is 2.88. The lowest BCUT2D eigenvalue weighted by atomic mass is 9.81. The van der Waals surface area contributed by atoms with Crippen LogP contribution in [0.2, 0.25) is 0 Å². The molecule has 1 unspecified atom stereocenters. The fraction of sp³-hybridized carbons (Fsp3) is 0.462. The van der Waals surface area contributed by atoms with Crippen LogP contribution in [0.4, 0.5) is 5.69 Å². The van der Waals surface area contributed by atoms with Crippen molar-refractivity contribution in [1.29, 1.82) is 0 Å². The second-order valence-corrected chi connectivity index (χ2v) is 6.28. The molecule has 0 aliphatic carbocycles. The minimum absolute atomic E-state index is 0.0382. The van der Waals surface area contributed by atoms with Gasteiger partial charge in [-0.1, -0.05) is 19.9 Å². The lowest BCUT2D eigenvalue weighted by molar-refractivity contribution is -0.113. The predicted molar refractivity (Wildman–Crippen MR) is 75.6 cm³/mol.